The highest BCUT2D eigenvalue weighted by Crippen LogP contribution is 2.21. The van der Waals surface area contributed by atoms with Crippen LogP contribution in [-0.4, -0.2) is 23.1 Å². The molecule has 0 fully saturated rings. The number of hydrogen-bond acceptors (Lipinski definition) is 3. The number of allylic oxidation sites excluding steroid dienone is 1. The van der Waals surface area contributed by atoms with Gasteiger partial charge in [-0.15, -0.1) is 0 Å². The largest absolute Gasteiger partial charge is 0.434 e. The van der Waals surface area contributed by atoms with E-state index in [-0.39, 0.29) is 17.7 Å². The summed E-state index contributed by atoms with van der Waals surface area (Å²) in [6.07, 6.45) is 4.35. The van der Waals surface area contributed by atoms with Gasteiger partial charge in [-0.3, -0.25) is 14.4 Å². The highest BCUT2D eigenvalue weighted by atomic mass is 19.3. The van der Waals surface area contributed by atoms with Crippen LogP contribution in [0.15, 0.2) is 59.7 Å². The van der Waals surface area contributed by atoms with Gasteiger partial charge in [-0.2, -0.15) is 8.78 Å². The molecule has 24 heavy (non-hydrogen) atoms. The number of benzene rings is 1. The van der Waals surface area contributed by atoms with Crippen LogP contribution < -0.4 is 10.2 Å². The van der Waals surface area contributed by atoms with E-state index in [2.05, 4.69) is 9.73 Å². The summed E-state index contributed by atoms with van der Waals surface area (Å²) in [7, 11) is 0. The summed E-state index contributed by atoms with van der Waals surface area (Å²) < 4.78 is 30.7. The van der Waals surface area contributed by atoms with Gasteiger partial charge in [0, 0.05) is 23.9 Å². The molecule has 1 heterocycles. The Labute approximate surface area is 138 Å². The molecule has 0 atom stereocenters. The number of ether oxygens (including phenoxy) is 1. The summed E-state index contributed by atoms with van der Waals surface area (Å²) >= 11 is 0. The Kier molecular flexibility index (Phi) is 6.01. The van der Waals surface area contributed by atoms with Crippen molar-refractivity contribution in [3.8, 4) is 5.75 Å². The second-order valence-electron chi connectivity index (χ2n) is 5.24. The number of halogens is 2. The van der Waals surface area contributed by atoms with Crippen molar-refractivity contribution in [1.29, 1.82) is 0 Å². The van der Waals surface area contributed by atoms with E-state index >= 15 is 0 Å². The second-order valence-corrected chi connectivity index (χ2v) is 5.24. The van der Waals surface area contributed by atoms with E-state index in [1.165, 1.54) is 22.8 Å². The molecule has 0 aliphatic rings. The van der Waals surface area contributed by atoms with Gasteiger partial charge in [0.15, 0.2) is 0 Å². The Bertz CT molecular complexity index is 795. The molecule has 0 saturated carbocycles. The van der Waals surface area contributed by atoms with E-state index in [4.69, 9.17) is 0 Å². The maximum Gasteiger partial charge on any atom is 0.387 e. The molecule has 1 aromatic heterocycles. The van der Waals surface area contributed by atoms with Gasteiger partial charge in [-0.05, 0) is 38.1 Å². The molecule has 6 heteroatoms. The smallest absolute Gasteiger partial charge is 0.387 e. The topological polar surface area (TPSA) is 43.6 Å². The number of alkyl halides is 2. The van der Waals surface area contributed by atoms with Crippen LogP contribution in [0.5, 0.6) is 5.75 Å². The van der Waals surface area contributed by atoms with Crippen LogP contribution in [-0.2, 0) is 0 Å². The number of carbonyl (C=O) groups excluding carboxylic acids is 1. The van der Waals surface area contributed by atoms with Crippen LogP contribution in [0, 0.1) is 0 Å². The fourth-order valence-corrected chi connectivity index (χ4v) is 2.05. The number of pyridine rings is 1. The van der Waals surface area contributed by atoms with Crippen molar-refractivity contribution >= 4 is 12.0 Å². The monoisotopic (exact) mass is 332 g/mol. The van der Waals surface area contributed by atoms with Gasteiger partial charge >= 0.3 is 6.61 Å². The van der Waals surface area contributed by atoms with Crippen LogP contribution in [0.25, 0.3) is 6.08 Å². The van der Waals surface area contributed by atoms with Gasteiger partial charge < -0.3 is 4.74 Å². The Morgan fingerprint density at radius 1 is 1.17 bits per heavy atom. The Hall–Kier alpha value is -2.76. The van der Waals surface area contributed by atoms with Gasteiger partial charge in [-0.25, -0.2) is 0 Å². The van der Waals surface area contributed by atoms with Gasteiger partial charge in [-0.1, -0.05) is 24.3 Å². The minimum Gasteiger partial charge on any atom is -0.434 e. The van der Waals surface area contributed by atoms with Crippen molar-refractivity contribution in [2.45, 2.75) is 26.5 Å². The zero-order chi connectivity index (χ0) is 17.5. The van der Waals surface area contributed by atoms with E-state index in [1.807, 2.05) is 13.8 Å². The molecule has 0 saturated heterocycles. The summed E-state index contributed by atoms with van der Waals surface area (Å²) in [6, 6.07) is 11.6. The van der Waals surface area contributed by atoms with E-state index in [0.717, 1.165) is 0 Å². The molecule has 0 unspecified atom stereocenters. The maximum absolute atomic E-state index is 12.4. The van der Waals surface area contributed by atoms with Crippen LogP contribution in [0.4, 0.5) is 8.78 Å². The molecule has 2 rings (SSSR count). The summed E-state index contributed by atoms with van der Waals surface area (Å²) in [5.41, 5.74) is 0.921. The van der Waals surface area contributed by atoms with Crippen molar-refractivity contribution in [3.05, 3.63) is 65.8 Å². The number of nitrogens with zero attached hydrogens (tertiary/aromatic N) is 2. The summed E-state index contributed by atoms with van der Waals surface area (Å²) in [5.74, 6) is -0.316. The molecule has 0 radical (unpaired) electrons. The quantitative estimate of drug-likeness (QED) is 0.783. The molecule has 0 aliphatic heterocycles. The van der Waals surface area contributed by atoms with Gasteiger partial charge in [0.05, 0.1) is 0 Å². The van der Waals surface area contributed by atoms with E-state index in [0.29, 0.717) is 11.1 Å². The first-order valence-electron chi connectivity index (χ1n) is 7.45. The van der Waals surface area contributed by atoms with Crippen molar-refractivity contribution in [3.63, 3.8) is 0 Å². The number of rotatable bonds is 5. The zero-order valence-electron chi connectivity index (χ0n) is 13.4. The fraction of sp³-hybridized carbons (Fsp3) is 0.222. The van der Waals surface area contributed by atoms with Crippen molar-refractivity contribution in [2.75, 3.05) is 0 Å². The summed E-state index contributed by atoms with van der Waals surface area (Å²) in [5, 5.41) is 0. The molecule has 126 valence electrons. The first-order chi connectivity index (χ1) is 11.5. The van der Waals surface area contributed by atoms with Gasteiger partial charge in [0.2, 0.25) is 0 Å². The number of carbonyl (C=O) groups is 1. The van der Waals surface area contributed by atoms with E-state index in [1.54, 1.807) is 42.6 Å². The third-order valence-corrected chi connectivity index (χ3v) is 3.01. The second kappa shape index (κ2) is 8.19. The van der Waals surface area contributed by atoms with Gasteiger partial charge in [0.25, 0.3) is 5.91 Å². The summed E-state index contributed by atoms with van der Waals surface area (Å²) in [6.45, 7) is 0.903. The lowest BCUT2D eigenvalue weighted by Gasteiger charge is -2.07. The lowest BCUT2D eigenvalue weighted by Crippen LogP contribution is -2.26. The van der Waals surface area contributed by atoms with Crippen LogP contribution >= 0.6 is 0 Å². The van der Waals surface area contributed by atoms with Gasteiger partial charge in [0.1, 0.15) is 11.2 Å². The average Bonchev–Trinajstić information content (AvgIpc) is 2.53. The van der Waals surface area contributed by atoms with Crippen molar-refractivity contribution in [1.82, 2.24) is 4.57 Å². The van der Waals surface area contributed by atoms with E-state index in [9.17, 15) is 13.6 Å². The third-order valence-electron chi connectivity index (χ3n) is 3.01. The Morgan fingerprint density at radius 3 is 2.58 bits per heavy atom. The normalized spacial score (nSPS) is 12.3. The maximum atomic E-state index is 12.4. The van der Waals surface area contributed by atoms with E-state index < -0.39 is 6.61 Å². The lowest BCUT2D eigenvalue weighted by molar-refractivity contribution is -0.0499. The molecular weight excluding hydrogens is 314 g/mol. The standard InChI is InChI=1S/C18H18F2N2O2/c1-13(2)21-16-9-5-6-12-22(16)17(23)11-10-14-7-3-4-8-15(14)24-18(19)20/h3-13,18H,1-2H3/b11-10-,21-16?. The predicted molar refractivity (Wildman–Crippen MR) is 87.9 cm³/mol. The number of hydrogen-bond donors (Lipinski definition) is 0. The number of para-hydroxylation sites is 1. The molecule has 1 aromatic carbocycles. The minimum atomic E-state index is -2.92. The van der Waals surface area contributed by atoms with Crippen LogP contribution in [0.2, 0.25) is 0 Å². The Balaban J connectivity index is 2.30. The SMILES string of the molecule is CC(C)N=c1ccccn1C(=O)/C=C\c1ccccc1OC(F)F. The molecule has 0 aliphatic carbocycles. The first kappa shape index (κ1) is 17.6. The predicted octanol–water partition coefficient (Wildman–Crippen LogP) is 3.75. The average molecular weight is 332 g/mol. The van der Waals surface area contributed by atoms with Crippen molar-refractivity contribution in [2.24, 2.45) is 4.99 Å². The van der Waals surface area contributed by atoms with Crippen molar-refractivity contribution < 1.29 is 18.3 Å². The molecular formula is C18H18F2N2O2. The third kappa shape index (κ3) is 4.87. The highest BCUT2D eigenvalue weighted by molar-refractivity contribution is 5.93. The molecule has 0 amide bonds. The molecule has 0 spiro atoms. The highest BCUT2D eigenvalue weighted by Gasteiger charge is 2.08. The Morgan fingerprint density at radius 2 is 1.88 bits per heavy atom. The zero-order valence-corrected chi connectivity index (χ0v) is 13.4. The minimum absolute atomic E-state index is 0.0155. The molecule has 0 N–H and O–H groups in total. The lowest BCUT2D eigenvalue weighted by atomic mass is 10.2. The number of aromatic nitrogens is 1. The fourth-order valence-electron chi connectivity index (χ4n) is 2.05. The van der Waals surface area contributed by atoms with Crippen LogP contribution in [0.3, 0.4) is 0 Å². The molecule has 2 aromatic rings. The molecule has 0 bridgehead atoms. The first-order valence-corrected chi connectivity index (χ1v) is 7.45. The van der Waals surface area contributed by atoms with Crippen LogP contribution in [0.1, 0.15) is 24.2 Å². The summed E-state index contributed by atoms with van der Waals surface area (Å²) in [4.78, 5) is 16.8. The molecule has 4 nitrogen and oxygen atoms in total.